The molecule has 2 N–H and O–H groups in total. The van der Waals surface area contributed by atoms with Gasteiger partial charge in [-0.1, -0.05) is 18.2 Å². The van der Waals surface area contributed by atoms with Crippen LogP contribution in [0.1, 0.15) is 11.1 Å². The van der Waals surface area contributed by atoms with E-state index >= 15 is 0 Å². The lowest BCUT2D eigenvalue weighted by Gasteiger charge is -2.15. The predicted octanol–water partition coefficient (Wildman–Crippen LogP) is 3.54. The third kappa shape index (κ3) is 5.03. The van der Waals surface area contributed by atoms with E-state index in [0.717, 1.165) is 11.6 Å². The number of carbonyl (C=O) groups is 1. The molecule has 0 aliphatic carbocycles. The lowest BCUT2D eigenvalue weighted by Crippen LogP contribution is -2.34. The molecule has 0 fully saturated rings. The van der Waals surface area contributed by atoms with Crippen molar-refractivity contribution >= 4 is 11.6 Å². The summed E-state index contributed by atoms with van der Waals surface area (Å²) in [5, 5.41) is 0. The second-order valence-electron chi connectivity index (χ2n) is 5.16. The summed E-state index contributed by atoms with van der Waals surface area (Å²) < 4.78 is 49.1. The molecule has 0 bridgehead atoms. The van der Waals surface area contributed by atoms with Crippen molar-refractivity contribution in [3.05, 3.63) is 53.6 Å². The van der Waals surface area contributed by atoms with Gasteiger partial charge in [0.2, 0.25) is 0 Å². The molecule has 0 aromatic heterocycles. The maximum Gasteiger partial charge on any atom is 0.418 e. The Labute approximate surface area is 142 Å². The molecular formula is C17H17F3N2O3. The molecule has 0 atom stereocenters. The highest BCUT2D eigenvalue weighted by molar-refractivity contribution is 5.79. The van der Waals surface area contributed by atoms with Gasteiger partial charge in [-0.15, -0.1) is 0 Å². The molecule has 134 valence electrons. The van der Waals surface area contributed by atoms with E-state index in [1.165, 1.54) is 25.3 Å². The number of benzene rings is 2. The Morgan fingerprint density at radius 1 is 1.12 bits per heavy atom. The molecule has 8 heteroatoms. The first-order valence-electron chi connectivity index (χ1n) is 7.30. The lowest BCUT2D eigenvalue weighted by molar-refractivity contribution is -0.137. The Bertz CT molecular complexity index is 748. The minimum atomic E-state index is -4.53. The summed E-state index contributed by atoms with van der Waals surface area (Å²) >= 11 is 0. The highest BCUT2D eigenvalue weighted by atomic mass is 19.4. The number of nitrogens with one attached hydrogen (secondary N) is 2. The summed E-state index contributed by atoms with van der Waals surface area (Å²) in [6.45, 7) is 1.49. The van der Waals surface area contributed by atoms with Gasteiger partial charge in [0.25, 0.3) is 5.91 Å². The number of hydrogen-bond donors (Lipinski definition) is 2. The molecule has 0 heterocycles. The number of rotatable bonds is 6. The molecule has 2 aromatic rings. The van der Waals surface area contributed by atoms with Crippen molar-refractivity contribution in [3.8, 4) is 11.5 Å². The fourth-order valence-corrected chi connectivity index (χ4v) is 2.05. The van der Waals surface area contributed by atoms with Gasteiger partial charge in [-0.05, 0) is 36.8 Å². The molecule has 2 rings (SSSR count). The molecule has 0 saturated carbocycles. The number of methoxy groups -OCH3 is 1. The zero-order chi connectivity index (χ0) is 18.4. The number of hydrogen-bond acceptors (Lipinski definition) is 4. The molecule has 0 spiro atoms. The van der Waals surface area contributed by atoms with Gasteiger partial charge in [-0.25, -0.2) is 0 Å². The molecule has 0 saturated heterocycles. The Balaban J connectivity index is 1.94. The summed E-state index contributed by atoms with van der Waals surface area (Å²) in [5.41, 5.74) is 4.26. The largest absolute Gasteiger partial charge is 0.493 e. The maximum atomic E-state index is 12.9. The Morgan fingerprint density at radius 3 is 2.52 bits per heavy atom. The second kappa shape index (κ2) is 7.78. The number of carbonyl (C=O) groups excluding carboxylic acids is 1. The number of hydrazine groups is 1. The number of amides is 1. The average molecular weight is 354 g/mol. The zero-order valence-corrected chi connectivity index (χ0v) is 13.6. The molecule has 0 aliphatic heterocycles. The fraction of sp³-hybridized carbons (Fsp3) is 0.235. The predicted molar refractivity (Wildman–Crippen MR) is 86.4 cm³/mol. The van der Waals surface area contributed by atoms with Gasteiger partial charge in [0.1, 0.15) is 0 Å². The first-order valence-corrected chi connectivity index (χ1v) is 7.30. The number of halogens is 3. The average Bonchev–Trinajstić information content (AvgIpc) is 2.58. The van der Waals surface area contributed by atoms with Crippen LogP contribution in [0.2, 0.25) is 0 Å². The smallest absolute Gasteiger partial charge is 0.418 e. The number of alkyl halides is 3. The van der Waals surface area contributed by atoms with Gasteiger partial charge < -0.3 is 9.47 Å². The van der Waals surface area contributed by atoms with Crippen LogP contribution in [0, 0.1) is 6.92 Å². The molecule has 25 heavy (non-hydrogen) atoms. The molecule has 2 aromatic carbocycles. The van der Waals surface area contributed by atoms with Crippen LogP contribution in [0.15, 0.2) is 42.5 Å². The first kappa shape index (κ1) is 18.4. The van der Waals surface area contributed by atoms with E-state index < -0.39 is 17.6 Å². The lowest BCUT2D eigenvalue weighted by atomic mass is 10.2. The summed E-state index contributed by atoms with van der Waals surface area (Å²) in [6, 6.07) is 10.0. The molecule has 0 radical (unpaired) electrons. The van der Waals surface area contributed by atoms with Crippen molar-refractivity contribution in [1.29, 1.82) is 0 Å². The van der Waals surface area contributed by atoms with Crippen LogP contribution in [0.3, 0.4) is 0 Å². The topological polar surface area (TPSA) is 59.6 Å². The van der Waals surface area contributed by atoms with E-state index in [-0.39, 0.29) is 12.3 Å². The minimum Gasteiger partial charge on any atom is -0.493 e. The van der Waals surface area contributed by atoms with Crippen LogP contribution in [0.25, 0.3) is 0 Å². The quantitative estimate of drug-likeness (QED) is 0.779. The SMILES string of the molecule is COc1cc(C)ccc1OCC(=O)NNc1ccccc1C(F)(F)F. The van der Waals surface area contributed by atoms with Crippen molar-refractivity contribution in [3.63, 3.8) is 0 Å². The van der Waals surface area contributed by atoms with Gasteiger partial charge in [0, 0.05) is 0 Å². The fourth-order valence-electron chi connectivity index (χ4n) is 2.05. The first-order chi connectivity index (χ1) is 11.8. The van der Waals surface area contributed by atoms with Gasteiger partial charge >= 0.3 is 6.18 Å². The summed E-state index contributed by atoms with van der Waals surface area (Å²) in [4.78, 5) is 11.8. The van der Waals surface area contributed by atoms with Gasteiger partial charge in [0.15, 0.2) is 18.1 Å². The Morgan fingerprint density at radius 2 is 1.84 bits per heavy atom. The van der Waals surface area contributed by atoms with Crippen LogP contribution in [0.5, 0.6) is 11.5 Å². The van der Waals surface area contributed by atoms with E-state index in [1.54, 1.807) is 18.2 Å². The number of para-hydroxylation sites is 1. The molecule has 5 nitrogen and oxygen atoms in total. The van der Waals surface area contributed by atoms with Gasteiger partial charge in [0.05, 0.1) is 18.4 Å². The van der Waals surface area contributed by atoms with Crippen LogP contribution in [0.4, 0.5) is 18.9 Å². The zero-order valence-electron chi connectivity index (χ0n) is 13.6. The van der Waals surface area contributed by atoms with Crippen molar-refractivity contribution in [2.24, 2.45) is 0 Å². The molecule has 0 aliphatic rings. The summed E-state index contributed by atoms with van der Waals surface area (Å²) in [6.07, 6.45) is -4.53. The molecular weight excluding hydrogens is 337 g/mol. The van der Waals surface area contributed by atoms with Crippen LogP contribution < -0.4 is 20.3 Å². The Kier molecular flexibility index (Phi) is 5.74. The highest BCUT2D eigenvalue weighted by Gasteiger charge is 2.33. The normalized spacial score (nSPS) is 10.9. The number of ether oxygens (including phenoxy) is 2. The monoisotopic (exact) mass is 354 g/mol. The van der Waals surface area contributed by atoms with E-state index in [9.17, 15) is 18.0 Å². The van der Waals surface area contributed by atoms with Crippen molar-refractivity contribution in [1.82, 2.24) is 5.43 Å². The van der Waals surface area contributed by atoms with E-state index in [0.29, 0.717) is 11.5 Å². The minimum absolute atomic E-state index is 0.253. The molecule has 0 unspecified atom stereocenters. The number of aryl methyl sites for hydroxylation is 1. The van der Waals surface area contributed by atoms with E-state index in [2.05, 4.69) is 10.9 Å². The third-order valence-corrected chi connectivity index (χ3v) is 3.25. The Hall–Kier alpha value is -2.90. The van der Waals surface area contributed by atoms with Crippen molar-refractivity contribution in [2.75, 3.05) is 19.1 Å². The van der Waals surface area contributed by atoms with Gasteiger partial charge in [-0.3, -0.25) is 15.6 Å². The number of anilines is 1. The van der Waals surface area contributed by atoms with E-state index in [4.69, 9.17) is 9.47 Å². The van der Waals surface area contributed by atoms with Crippen LogP contribution in [-0.2, 0) is 11.0 Å². The molecule has 1 amide bonds. The van der Waals surface area contributed by atoms with Gasteiger partial charge in [-0.2, -0.15) is 13.2 Å². The third-order valence-electron chi connectivity index (χ3n) is 3.25. The summed E-state index contributed by atoms with van der Waals surface area (Å²) in [7, 11) is 1.47. The van der Waals surface area contributed by atoms with Crippen LogP contribution in [-0.4, -0.2) is 19.6 Å². The summed E-state index contributed by atoms with van der Waals surface area (Å²) in [5.74, 6) is 0.182. The van der Waals surface area contributed by atoms with Crippen LogP contribution >= 0.6 is 0 Å². The second-order valence-corrected chi connectivity index (χ2v) is 5.16. The maximum absolute atomic E-state index is 12.9. The van der Waals surface area contributed by atoms with E-state index in [1.807, 2.05) is 6.92 Å². The standard InChI is InChI=1S/C17H17F3N2O3/c1-11-7-8-14(15(9-11)24-2)25-10-16(23)22-21-13-6-4-3-5-12(13)17(18,19)20/h3-9,21H,10H2,1-2H3,(H,22,23). The van der Waals surface area contributed by atoms with Crippen molar-refractivity contribution in [2.45, 2.75) is 13.1 Å². The highest BCUT2D eigenvalue weighted by Crippen LogP contribution is 2.34. The van der Waals surface area contributed by atoms with Crippen molar-refractivity contribution < 1.29 is 27.4 Å².